The van der Waals surface area contributed by atoms with E-state index in [1.54, 1.807) is 24.7 Å². The van der Waals surface area contributed by atoms with Gasteiger partial charge in [-0.1, -0.05) is 12.1 Å². The fraction of sp³-hybridized carbons (Fsp3) is 0.111. The van der Waals surface area contributed by atoms with Gasteiger partial charge in [0.25, 0.3) is 0 Å². The Morgan fingerprint density at radius 3 is 3.04 bits per heavy atom. The summed E-state index contributed by atoms with van der Waals surface area (Å²) >= 11 is 1.39. The number of benzene rings is 1. The van der Waals surface area contributed by atoms with Gasteiger partial charge in [0, 0.05) is 29.4 Å². The van der Waals surface area contributed by atoms with Crippen LogP contribution in [0, 0.1) is 0 Å². The van der Waals surface area contributed by atoms with Gasteiger partial charge in [0.15, 0.2) is 5.13 Å². The molecule has 0 aliphatic carbocycles. The van der Waals surface area contributed by atoms with Crippen molar-refractivity contribution in [2.45, 2.75) is 13.2 Å². The van der Waals surface area contributed by atoms with Gasteiger partial charge in [-0.25, -0.2) is 4.98 Å². The van der Waals surface area contributed by atoms with Gasteiger partial charge in [0.2, 0.25) is 5.91 Å². The third-order valence-electron chi connectivity index (χ3n) is 3.74. The summed E-state index contributed by atoms with van der Waals surface area (Å²) in [6.07, 6.45) is 7.77. The monoisotopic (exact) mass is 350 g/mol. The molecule has 0 saturated carbocycles. The zero-order chi connectivity index (χ0) is 17.1. The maximum Gasteiger partial charge on any atom is 0.250 e. The fourth-order valence-electron chi connectivity index (χ4n) is 2.50. The largest absolute Gasteiger partial charge is 0.372 e. The van der Waals surface area contributed by atoms with E-state index < -0.39 is 0 Å². The minimum Gasteiger partial charge on any atom is -0.372 e. The van der Waals surface area contributed by atoms with Gasteiger partial charge in [0.05, 0.1) is 30.8 Å². The van der Waals surface area contributed by atoms with Crippen molar-refractivity contribution in [3.05, 3.63) is 65.1 Å². The summed E-state index contributed by atoms with van der Waals surface area (Å²) in [4.78, 5) is 24.5. The molecule has 0 radical (unpaired) electrons. The van der Waals surface area contributed by atoms with Crippen LogP contribution in [0.1, 0.15) is 16.8 Å². The highest BCUT2D eigenvalue weighted by atomic mass is 32.1. The summed E-state index contributed by atoms with van der Waals surface area (Å²) in [5.41, 5.74) is 4.91. The molecule has 0 saturated heterocycles. The lowest BCUT2D eigenvalue weighted by atomic mass is 10.1. The number of ether oxygens (including phenoxy) is 1. The number of aromatic nitrogens is 3. The minimum absolute atomic E-state index is 0.256. The first kappa shape index (κ1) is 15.6. The van der Waals surface area contributed by atoms with Gasteiger partial charge < -0.3 is 4.74 Å². The lowest BCUT2D eigenvalue weighted by Gasteiger charge is -2.01. The van der Waals surface area contributed by atoms with Crippen molar-refractivity contribution in [1.29, 1.82) is 0 Å². The Hall–Kier alpha value is -2.90. The van der Waals surface area contributed by atoms with Gasteiger partial charge in [-0.15, -0.1) is 11.3 Å². The number of anilines is 1. The van der Waals surface area contributed by atoms with E-state index in [9.17, 15) is 4.79 Å². The maximum absolute atomic E-state index is 12.0. The van der Waals surface area contributed by atoms with Crippen LogP contribution in [0.15, 0.2) is 48.2 Å². The molecule has 1 aromatic carbocycles. The van der Waals surface area contributed by atoms with Crippen molar-refractivity contribution in [2.24, 2.45) is 0 Å². The van der Waals surface area contributed by atoms with Crippen molar-refractivity contribution in [3.63, 3.8) is 0 Å². The van der Waals surface area contributed by atoms with Gasteiger partial charge in [-0.05, 0) is 23.3 Å². The molecule has 1 aliphatic rings. The van der Waals surface area contributed by atoms with Crippen LogP contribution in [0.5, 0.6) is 0 Å². The molecule has 124 valence electrons. The lowest BCUT2D eigenvalue weighted by molar-refractivity contribution is -0.111. The predicted octanol–water partition coefficient (Wildman–Crippen LogP) is 3.28. The van der Waals surface area contributed by atoms with E-state index in [2.05, 4.69) is 32.4 Å². The number of nitrogens with one attached hydrogen (secondary N) is 1. The van der Waals surface area contributed by atoms with Crippen LogP contribution in [-0.2, 0) is 22.7 Å². The summed E-state index contributed by atoms with van der Waals surface area (Å²) in [5, 5.41) is 5.25. The van der Waals surface area contributed by atoms with E-state index in [1.807, 2.05) is 11.4 Å². The number of carbonyl (C=O) groups excluding carboxylic acids is 1. The smallest absolute Gasteiger partial charge is 0.250 e. The van der Waals surface area contributed by atoms with Crippen LogP contribution in [0.3, 0.4) is 0 Å². The van der Waals surface area contributed by atoms with E-state index in [-0.39, 0.29) is 5.91 Å². The number of hydrogen-bond acceptors (Lipinski definition) is 6. The highest BCUT2D eigenvalue weighted by Gasteiger charge is 2.13. The molecule has 0 atom stereocenters. The summed E-state index contributed by atoms with van der Waals surface area (Å²) in [7, 11) is 0. The normalized spacial score (nSPS) is 13.1. The van der Waals surface area contributed by atoms with Gasteiger partial charge in [0.1, 0.15) is 0 Å². The Balaban J connectivity index is 1.44. The van der Waals surface area contributed by atoms with Crippen molar-refractivity contribution in [2.75, 3.05) is 5.32 Å². The number of thiazole rings is 1. The molecule has 2 aromatic heterocycles. The quantitative estimate of drug-likeness (QED) is 0.731. The van der Waals surface area contributed by atoms with E-state index in [0.717, 1.165) is 11.3 Å². The van der Waals surface area contributed by atoms with E-state index in [0.29, 0.717) is 24.0 Å². The first-order valence-electron chi connectivity index (χ1n) is 7.68. The van der Waals surface area contributed by atoms with E-state index in [1.165, 1.54) is 28.5 Å². The Bertz CT molecular complexity index is 937. The zero-order valence-corrected chi connectivity index (χ0v) is 14.0. The van der Waals surface area contributed by atoms with Crippen molar-refractivity contribution < 1.29 is 9.53 Å². The molecule has 1 N–H and O–H groups in total. The number of hydrogen-bond donors (Lipinski definition) is 1. The Kier molecular flexibility index (Phi) is 4.32. The number of rotatable bonds is 4. The lowest BCUT2D eigenvalue weighted by Crippen LogP contribution is -2.07. The second kappa shape index (κ2) is 6.92. The van der Waals surface area contributed by atoms with Crippen LogP contribution in [0.25, 0.3) is 17.3 Å². The van der Waals surface area contributed by atoms with Crippen LogP contribution in [0.4, 0.5) is 5.13 Å². The number of nitrogens with zero attached hydrogens (tertiary/aromatic N) is 3. The third-order valence-corrected chi connectivity index (χ3v) is 4.50. The number of amides is 1. The summed E-state index contributed by atoms with van der Waals surface area (Å²) in [6, 6.07) is 6.19. The predicted molar refractivity (Wildman–Crippen MR) is 95.7 cm³/mol. The molecule has 0 unspecified atom stereocenters. The molecule has 6 nitrogen and oxygen atoms in total. The fourth-order valence-corrected chi connectivity index (χ4v) is 3.22. The molecule has 0 spiro atoms. The second-order valence-electron chi connectivity index (χ2n) is 5.47. The molecular weight excluding hydrogens is 336 g/mol. The number of carbonyl (C=O) groups is 1. The minimum atomic E-state index is -0.256. The molecule has 1 aliphatic heterocycles. The maximum atomic E-state index is 12.0. The molecule has 0 bridgehead atoms. The topological polar surface area (TPSA) is 77.0 Å². The number of fused-ring (bicyclic) bond motifs is 1. The molecule has 1 amide bonds. The summed E-state index contributed by atoms with van der Waals surface area (Å²) in [5.74, 6) is -0.256. The molecule has 0 fully saturated rings. The molecule has 4 rings (SSSR count). The van der Waals surface area contributed by atoms with Crippen molar-refractivity contribution in [3.8, 4) is 11.3 Å². The first-order chi connectivity index (χ1) is 12.3. The molecule has 25 heavy (non-hydrogen) atoms. The zero-order valence-electron chi connectivity index (χ0n) is 13.2. The highest BCUT2D eigenvalue weighted by molar-refractivity contribution is 7.14. The Labute approximate surface area is 148 Å². The van der Waals surface area contributed by atoms with Crippen LogP contribution in [0.2, 0.25) is 0 Å². The third kappa shape index (κ3) is 3.62. The van der Waals surface area contributed by atoms with Crippen LogP contribution in [-0.4, -0.2) is 20.9 Å². The average Bonchev–Trinajstić information content (AvgIpc) is 3.29. The molecule has 7 heteroatoms. The average molecular weight is 350 g/mol. The SMILES string of the molecule is O=C(/C=C/c1cnccn1)Nc1nc(-c2ccc3c(c2)COC3)cs1. The van der Waals surface area contributed by atoms with Crippen molar-refractivity contribution >= 4 is 28.5 Å². The van der Waals surface area contributed by atoms with Crippen molar-refractivity contribution in [1.82, 2.24) is 15.0 Å². The first-order valence-corrected chi connectivity index (χ1v) is 8.56. The van der Waals surface area contributed by atoms with E-state index >= 15 is 0 Å². The standard InChI is InChI=1S/C18H14N4O2S/c23-17(4-3-15-8-19-5-6-20-15)22-18-21-16(11-25-18)12-1-2-13-9-24-10-14(13)7-12/h1-8,11H,9-10H2,(H,21,22,23)/b4-3+. The summed E-state index contributed by atoms with van der Waals surface area (Å²) < 4.78 is 5.44. The van der Waals surface area contributed by atoms with Crippen LogP contribution < -0.4 is 5.32 Å². The molecular formula is C18H14N4O2S. The second-order valence-corrected chi connectivity index (χ2v) is 6.33. The molecule has 3 heterocycles. The van der Waals surface area contributed by atoms with Gasteiger partial charge in [-0.2, -0.15) is 0 Å². The Morgan fingerprint density at radius 1 is 1.24 bits per heavy atom. The Morgan fingerprint density at radius 2 is 2.16 bits per heavy atom. The van der Waals surface area contributed by atoms with E-state index in [4.69, 9.17) is 4.74 Å². The summed E-state index contributed by atoms with van der Waals surface area (Å²) in [6.45, 7) is 1.32. The highest BCUT2D eigenvalue weighted by Crippen LogP contribution is 2.29. The van der Waals surface area contributed by atoms with Crippen LogP contribution >= 0.6 is 11.3 Å². The molecule has 3 aromatic rings. The van der Waals surface area contributed by atoms with Gasteiger partial charge in [-0.3, -0.25) is 20.1 Å². The van der Waals surface area contributed by atoms with Gasteiger partial charge >= 0.3 is 0 Å².